The molecule has 0 spiro atoms. The minimum Gasteiger partial charge on any atom is -0.488 e. The molecule has 1 amide bonds. The number of H-pyrrole nitrogens is 1. The maximum absolute atomic E-state index is 12.0. The average molecular weight is 341 g/mol. The van der Waals surface area contributed by atoms with Crippen LogP contribution in [0.5, 0.6) is 5.75 Å². The molecule has 128 valence electrons. The summed E-state index contributed by atoms with van der Waals surface area (Å²) in [4.78, 5) is 26.9. The van der Waals surface area contributed by atoms with E-state index in [1.807, 2.05) is 6.07 Å². The normalized spacial score (nSPS) is 16.4. The number of nitrogens with zero attached hydrogens (tertiary/aromatic N) is 2. The highest BCUT2D eigenvalue weighted by molar-refractivity contribution is 5.89. The van der Waals surface area contributed by atoms with Crippen LogP contribution in [0.2, 0.25) is 0 Å². The smallest absolute Gasteiger partial charge is 0.414 e. The number of hydrogen-bond acceptors (Lipinski definition) is 5. The van der Waals surface area contributed by atoms with Crippen LogP contribution in [-0.4, -0.2) is 41.4 Å². The number of carboxylic acids is 1. The van der Waals surface area contributed by atoms with Gasteiger partial charge in [0.05, 0.1) is 24.6 Å². The van der Waals surface area contributed by atoms with E-state index in [1.54, 1.807) is 36.5 Å². The fraction of sp³-hybridized carbons (Fsp3) is 0.235. The lowest BCUT2D eigenvalue weighted by Gasteiger charge is -2.12. The summed E-state index contributed by atoms with van der Waals surface area (Å²) in [7, 11) is 0. The molecule has 1 fully saturated rings. The molecule has 8 heteroatoms. The Balaban J connectivity index is 1.56. The maximum Gasteiger partial charge on any atom is 0.414 e. The number of nitriles is 1. The fourth-order valence-electron chi connectivity index (χ4n) is 2.49. The van der Waals surface area contributed by atoms with Gasteiger partial charge in [0, 0.05) is 23.6 Å². The highest BCUT2D eigenvalue weighted by atomic mass is 16.6. The standard InChI is InChI=1S/C17H15N3O5/c18-7-11-1-3-13(4-2-11)20-9-15(25-17(20)23)10-24-14-5-12(19-8-14)6-16(21)22/h1-5,8,15,19H,6,9-10H2,(H,21,22). The van der Waals surface area contributed by atoms with Gasteiger partial charge in [-0.2, -0.15) is 5.26 Å². The minimum absolute atomic E-state index is 0.117. The number of rotatable bonds is 6. The number of anilines is 1. The van der Waals surface area contributed by atoms with Crippen molar-refractivity contribution in [1.29, 1.82) is 5.26 Å². The molecule has 0 aliphatic carbocycles. The molecule has 1 unspecified atom stereocenters. The third kappa shape index (κ3) is 3.90. The minimum atomic E-state index is -0.934. The van der Waals surface area contributed by atoms with Crippen molar-refractivity contribution in [3.05, 3.63) is 47.8 Å². The Kier molecular flexibility index (Phi) is 4.57. The third-order valence-corrected chi connectivity index (χ3v) is 3.68. The first kappa shape index (κ1) is 16.4. The van der Waals surface area contributed by atoms with Crippen molar-refractivity contribution in [2.75, 3.05) is 18.1 Å². The summed E-state index contributed by atoms with van der Waals surface area (Å²) < 4.78 is 10.8. The van der Waals surface area contributed by atoms with Crippen molar-refractivity contribution < 1.29 is 24.2 Å². The van der Waals surface area contributed by atoms with Gasteiger partial charge in [0.2, 0.25) is 0 Å². The maximum atomic E-state index is 12.0. The number of hydrogen-bond donors (Lipinski definition) is 2. The first-order valence-corrected chi connectivity index (χ1v) is 7.55. The second-order valence-electron chi connectivity index (χ2n) is 5.52. The summed E-state index contributed by atoms with van der Waals surface area (Å²) in [5, 5.41) is 17.5. The van der Waals surface area contributed by atoms with Crippen molar-refractivity contribution in [3.8, 4) is 11.8 Å². The van der Waals surface area contributed by atoms with E-state index >= 15 is 0 Å². The van der Waals surface area contributed by atoms with Crippen LogP contribution in [0.3, 0.4) is 0 Å². The van der Waals surface area contributed by atoms with E-state index in [2.05, 4.69) is 4.98 Å². The van der Waals surface area contributed by atoms with Gasteiger partial charge >= 0.3 is 12.1 Å². The number of cyclic esters (lactones) is 1. The molecule has 8 nitrogen and oxygen atoms in total. The first-order chi connectivity index (χ1) is 12.0. The summed E-state index contributed by atoms with van der Waals surface area (Å²) in [5.41, 5.74) is 1.70. The Bertz CT molecular complexity index is 822. The van der Waals surface area contributed by atoms with Crippen LogP contribution < -0.4 is 9.64 Å². The summed E-state index contributed by atoms with van der Waals surface area (Å²) in [6.45, 7) is 0.486. The van der Waals surface area contributed by atoms with Gasteiger partial charge in [-0.3, -0.25) is 9.69 Å². The zero-order chi connectivity index (χ0) is 17.8. The molecule has 1 atom stereocenters. The molecule has 1 aromatic carbocycles. The van der Waals surface area contributed by atoms with Crippen molar-refractivity contribution in [1.82, 2.24) is 4.98 Å². The van der Waals surface area contributed by atoms with Crippen molar-refractivity contribution in [3.63, 3.8) is 0 Å². The first-order valence-electron chi connectivity index (χ1n) is 7.55. The molecule has 25 heavy (non-hydrogen) atoms. The quantitative estimate of drug-likeness (QED) is 0.829. The molecular formula is C17H15N3O5. The number of carbonyl (C=O) groups is 2. The Morgan fingerprint density at radius 2 is 2.20 bits per heavy atom. The summed E-state index contributed by atoms with van der Waals surface area (Å²) >= 11 is 0. The molecule has 1 aromatic heterocycles. The Hall–Kier alpha value is -3.47. The second kappa shape index (κ2) is 6.97. The van der Waals surface area contributed by atoms with Gasteiger partial charge in [0.25, 0.3) is 0 Å². The van der Waals surface area contributed by atoms with Crippen LogP contribution >= 0.6 is 0 Å². The average Bonchev–Trinajstić information content (AvgIpc) is 3.19. The van der Waals surface area contributed by atoms with Gasteiger partial charge in [-0.25, -0.2) is 4.79 Å². The van der Waals surface area contributed by atoms with E-state index in [4.69, 9.17) is 19.8 Å². The molecular weight excluding hydrogens is 326 g/mol. The number of carboxylic acid groups (broad SMARTS) is 1. The molecule has 0 bridgehead atoms. The Morgan fingerprint density at radius 3 is 2.88 bits per heavy atom. The summed E-state index contributed by atoms with van der Waals surface area (Å²) in [6, 6.07) is 10.3. The monoisotopic (exact) mass is 341 g/mol. The van der Waals surface area contributed by atoms with Crippen LogP contribution in [0.25, 0.3) is 0 Å². The summed E-state index contributed by atoms with van der Waals surface area (Å²) in [6.07, 6.45) is 0.529. The number of aromatic amines is 1. The molecule has 0 radical (unpaired) electrons. The predicted octanol–water partition coefficient (Wildman–Crippen LogP) is 1.92. The van der Waals surface area contributed by atoms with Crippen LogP contribution in [-0.2, 0) is 16.0 Å². The molecule has 3 rings (SSSR count). The molecule has 1 aliphatic rings. The van der Waals surface area contributed by atoms with E-state index in [9.17, 15) is 9.59 Å². The van der Waals surface area contributed by atoms with E-state index < -0.39 is 18.2 Å². The third-order valence-electron chi connectivity index (χ3n) is 3.68. The highest BCUT2D eigenvalue weighted by Crippen LogP contribution is 2.23. The Labute approximate surface area is 143 Å². The topological polar surface area (TPSA) is 116 Å². The van der Waals surface area contributed by atoms with Crippen molar-refractivity contribution in [2.45, 2.75) is 12.5 Å². The van der Waals surface area contributed by atoms with Crippen molar-refractivity contribution in [2.24, 2.45) is 0 Å². The van der Waals surface area contributed by atoms with Gasteiger partial charge in [0.15, 0.2) is 6.10 Å². The number of benzene rings is 1. The van der Waals surface area contributed by atoms with Gasteiger partial charge < -0.3 is 19.6 Å². The van der Waals surface area contributed by atoms with Crippen LogP contribution in [0.15, 0.2) is 36.5 Å². The number of ether oxygens (including phenoxy) is 2. The SMILES string of the molecule is N#Cc1ccc(N2CC(COc3c[nH]c(CC(=O)O)c3)OC2=O)cc1. The van der Waals surface area contributed by atoms with Crippen LogP contribution in [0, 0.1) is 11.3 Å². The van der Waals surface area contributed by atoms with E-state index in [0.29, 0.717) is 29.2 Å². The van der Waals surface area contributed by atoms with Gasteiger partial charge in [0.1, 0.15) is 12.4 Å². The van der Waals surface area contributed by atoms with E-state index in [1.165, 1.54) is 4.90 Å². The molecule has 0 saturated carbocycles. The van der Waals surface area contributed by atoms with Gasteiger partial charge in [-0.1, -0.05) is 0 Å². The van der Waals surface area contributed by atoms with Crippen molar-refractivity contribution >= 4 is 17.7 Å². The summed E-state index contributed by atoms with van der Waals surface area (Å²) in [5.74, 6) is -0.444. The number of amides is 1. The van der Waals surface area contributed by atoms with E-state index in [-0.39, 0.29) is 13.0 Å². The van der Waals surface area contributed by atoms with Gasteiger partial charge in [-0.05, 0) is 24.3 Å². The molecule has 1 aliphatic heterocycles. The number of aromatic nitrogens is 1. The molecule has 2 aromatic rings. The van der Waals surface area contributed by atoms with Crippen LogP contribution in [0.4, 0.5) is 10.5 Å². The number of nitrogens with one attached hydrogen (secondary N) is 1. The van der Waals surface area contributed by atoms with E-state index in [0.717, 1.165) is 0 Å². The zero-order valence-electron chi connectivity index (χ0n) is 13.1. The lowest BCUT2D eigenvalue weighted by atomic mass is 10.2. The second-order valence-corrected chi connectivity index (χ2v) is 5.52. The zero-order valence-corrected chi connectivity index (χ0v) is 13.1. The molecule has 1 saturated heterocycles. The number of aliphatic carboxylic acids is 1. The highest BCUT2D eigenvalue weighted by Gasteiger charge is 2.32. The van der Waals surface area contributed by atoms with Crippen LogP contribution in [0.1, 0.15) is 11.3 Å². The fourth-order valence-corrected chi connectivity index (χ4v) is 2.49. The predicted molar refractivity (Wildman–Crippen MR) is 86.4 cm³/mol. The molecule has 2 N–H and O–H groups in total. The lowest BCUT2D eigenvalue weighted by molar-refractivity contribution is -0.136. The lowest BCUT2D eigenvalue weighted by Crippen LogP contribution is -2.26. The molecule has 2 heterocycles. The largest absolute Gasteiger partial charge is 0.488 e. The Morgan fingerprint density at radius 1 is 1.44 bits per heavy atom. The van der Waals surface area contributed by atoms with Gasteiger partial charge in [-0.15, -0.1) is 0 Å². The number of carbonyl (C=O) groups excluding carboxylic acids is 1.